The van der Waals surface area contributed by atoms with Gasteiger partial charge < -0.3 is 4.90 Å². The van der Waals surface area contributed by atoms with E-state index in [0.29, 0.717) is 27.9 Å². The number of sulfonamides is 1. The highest BCUT2D eigenvalue weighted by atomic mass is 35.5. The van der Waals surface area contributed by atoms with E-state index in [1.165, 1.54) is 11.8 Å². The molecule has 0 radical (unpaired) electrons. The maximum Gasteiger partial charge on any atom is 0.250 e. The average molecular weight is 503 g/mol. The number of fused-ring (bicyclic) bond motifs is 1. The number of nitrogens with zero attached hydrogens (tertiary/aromatic N) is 2. The number of hydrogen-bond donors (Lipinski definition) is 0. The molecule has 0 bridgehead atoms. The third kappa shape index (κ3) is 5.10. The smallest absolute Gasteiger partial charge is 0.250 e. The molecule has 0 unspecified atom stereocenters. The Morgan fingerprint density at radius 1 is 1.00 bits per heavy atom. The summed E-state index contributed by atoms with van der Waals surface area (Å²) < 4.78 is 30.6. The van der Waals surface area contributed by atoms with Gasteiger partial charge in [-0.2, -0.15) is 4.31 Å². The predicted octanol–water partition coefficient (Wildman–Crippen LogP) is 6.31. The highest BCUT2D eigenvalue weighted by Gasteiger charge is 2.42. The normalized spacial score (nSPS) is 18.4. The fourth-order valence-electron chi connectivity index (χ4n) is 4.75. The first kappa shape index (κ1) is 24.6. The molecule has 1 aliphatic carbocycles. The summed E-state index contributed by atoms with van der Waals surface area (Å²) in [5.41, 5.74) is 2.36. The molecule has 33 heavy (non-hydrogen) atoms. The van der Waals surface area contributed by atoms with E-state index in [1.54, 1.807) is 10.4 Å². The fourth-order valence-corrected chi connectivity index (χ4v) is 8.43. The molecule has 176 valence electrons. The second-order valence-corrected chi connectivity index (χ2v) is 12.7. The van der Waals surface area contributed by atoms with E-state index >= 15 is 0 Å². The van der Waals surface area contributed by atoms with Gasteiger partial charge in [0.1, 0.15) is 4.24 Å². The Balaban J connectivity index is 1.78. The van der Waals surface area contributed by atoms with Crippen LogP contribution < -0.4 is 0 Å². The van der Waals surface area contributed by atoms with Gasteiger partial charge in [0.05, 0.1) is 0 Å². The van der Waals surface area contributed by atoms with Crippen molar-refractivity contribution in [3.8, 4) is 0 Å². The molecule has 0 atom stereocenters. The quantitative estimate of drug-likeness (QED) is 0.444. The summed E-state index contributed by atoms with van der Waals surface area (Å²) >= 11 is 7.87. The summed E-state index contributed by atoms with van der Waals surface area (Å²) in [6.45, 7) is 2.65. The molecule has 4 rings (SSSR count). The molecule has 2 aliphatic rings. The molecule has 1 saturated carbocycles. The van der Waals surface area contributed by atoms with E-state index in [2.05, 4.69) is 19.0 Å². The maximum atomic E-state index is 14.3. The maximum absolute atomic E-state index is 14.3. The van der Waals surface area contributed by atoms with Crippen molar-refractivity contribution in [2.24, 2.45) is 0 Å². The molecular weight excluding hydrogens is 472 g/mol. The lowest BCUT2D eigenvalue weighted by atomic mass is 9.96. The molecule has 1 heterocycles. The monoisotopic (exact) mass is 502 g/mol. The summed E-state index contributed by atoms with van der Waals surface area (Å²) in [5.74, 6) is 0. The van der Waals surface area contributed by atoms with Crippen LogP contribution in [-0.2, 0) is 16.6 Å². The third-order valence-corrected chi connectivity index (χ3v) is 10.7. The number of likely N-dealkylation sites (N-methyl/N-ethyl adjacent to an activating group) is 1. The Kier molecular flexibility index (Phi) is 7.41. The Bertz CT molecular complexity index is 1170. The van der Waals surface area contributed by atoms with E-state index in [-0.39, 0.29) is 5.54 Å². The van der Waals surface area contributed by atoms with Gasteiger partial charge >= 0.3 is 0 Å². The van der Waals surface area contributed by atoms with Crippen LogP contribution in [0.3, 0.4) is 0 Å². The Morgan fingerprint density at radius 3 is 2.30 bits per heavy atom. The lowest BCUT2D eigenvalue weighted by Crippen LogP contribution is -2.52. The van der Waals surface area contributed by atoms with Crippen LogP contribution in [0.15, 0.2) is 75.4 Å². The van der Waals surface area contributed by atoms with Crippen LogP contribution in [0.1, 0.15) is 43.7 Å². The van der Waals surface area contributed by atoms with Gasteiger partial charge in [-0.05, 0) is 57.1 Å². The second-order valence-electron chi connectivity index (χ2n) is 9.15. The van der Waals surface area contributed by atoms with Crippen molar-refractivity contribution < 1.29 is 8.42 Å². The van der Waals surface area contributed by atoms with Gasteiger partial charge in [-0.1, -0.05) is 84.7 Å². The minimum Gasteiger partial charge on any atom is -0.302 e. The summed E-state index contributed by atoms with van der Waals surface area (Å²) in [6, 6.07) is 17.6. The van der Waals surface area contributed by atoms with Gasteiger partial charge in [0.25, 0.3) is 0 Å². The molecule has 4 nitrogen and oxygen atoms in total. The van der Waals surface area contributed by atoms with Crippen molar-refractivity contribution in [2.75, 3.05) is 20.6 Å². The fraction of sp³-hybridized carbons (Fsp3) is 0.385. The number of rotatable bonds is 7. The van der Waals surface area contributed by atoms with Crippen LogP contribution in [0.2, 0.25) is 0 Å². The zero-order chi connectivity index (χ0) is 23.6. The van der Waals surface area contributed by atoms with E-state index in [0.717, 1.165) is 41.7 Å². The summed E-state index contributed by atoms with van der Waals surface area (Å²) in [5, 5.41) is 0.566. The Hall–Kier alpha value is -1.57. The van der Waals surface area contributed by atoms with Gasteiger partial charge in [0.15, 0.2) is 0 Å². The molecule has 7 heteroatoms. The molecule has 2 aromatic carbocycles. The molecule has 2 aromatic rings. The predicted molar refractivity (Wildman–Crippen MR) is 139 cm³/mol. The van der Waals surface area contributed by atoms with Crippen LogP contribution in [0, 0.1) is 0 Å². The average Bonchev–Trinajstić information content (AvgIpc) is 3.23. The minimum atomic E-state index is -3.77. The summed E-state index contributed by atoms with van der Waals surface area (Å²) in [4.78, 5) is 3.08. The van der Waals surface area contributed by atoms with Crippen molar-refractivity contribution in [3.63, 3.8) is 0 Å². The van der Waals surface area contributed by atoms with Gasteiger partial charge in [0, 0.05) is 34.1 Å². The lowest BCUT2D eigenvalue weighted by molar-refractivity contribution is 0.125. The molecule has 0 amide bonds. The van der Waals surface area contributed by atoms with Crippen LogP contribution in [0.4, 0.5) is 0 Å². The van der Waals surface area contributed by atoms with Gasteiger partial charge in [-0.3, -0.25) is 0 Å². The highest BCUT2D eigenvalue weighted by molar-refractivity contribution is 8.18. The first-order chi connectivity index (χ1) is 15.7. The van der Waals surface area contributed by atoms with Crippen molar-refractivity contribution in [1.29, 1.82) is 0 Å². The highest BCUT2D eigenvalue weighted by Crippen LogP contribution is 2.44. The van der Waals surface area contributed by atoms with Crippen molar-refractivity contribution in [3.05, 3.63) is 81.6 Å². The Labute approximate surface area is 207 Å². The minimum absolute atomic E-state index is 0.156. The van der Waals surface area contributed by atoms with Crippen LogP contribution in [0.25, 0.3) is 5.03 Å². The molecule has 1 aliphatic heterocycles. The van der Waals surface area contributed by atoms with E-state index in [9.17, 15) is 8.42 Å². The number of allylic oxidation sites excluding steroid dienone is 2. The zero-order valence-electron chi connectivity index (χ0n) is 19.4. The molecule has 0 aromatic heterocycles. The molecular formula is C26H31ClN2O2S2. The van der Waals surface area contributed by atoms with Crippen molar-refractivity contribution in [2.45, 2.75) is 49.6 Å². The first-order valence-corrected chi connectivity index (χ1v) is 13.9. The molecule has 0 spiro atoms. The first-order valence-electron chi connectivity index (χ1n) is 11.3. The van der Waals surface area contributed by atoms with Crippen molar-refractivity contribution >= 4 is 38.4 Å². The molecule has 0 N–H and O–H groups in total. The van der Waals surface area contributed by atoms with Crippen molar-refractivity contribution in [1.82, 2.24) is 9.21 Å². The van der Waals surface area contributed by atoms with Crippen LogP contribution >= 0.6 is 23.4 Å². The Morgan fingerprint density at radius 2 is 1.64 bits per heavy atom. The summed E-state index contributed by atoms with van der Waals surface area (Å²) in [7, 11) is 0.369. The second kappa shape index (κ2) is 9.96. The lowest BCUT2D eigenvalue weighted by Gasteiger charge is -2.40. The van der Waals surface area contributed by atoms with Crippen LogP contribution in [-0.4, -0.2) is 43.8 Å². The topological polar surface area (TPSA) is 40.6 Å². The number of hydrogen-bond acceptors (Lipinski definition) is 4. The standard InChI is InChI=1S/C26H31ClN2O2S2/c1-20-17-23(27)22-13-7-8-14-24(22)32-25(20)33(30,31)29(18-21-11-5-4-6-12-21)19-26(28(2)3)15-9-10-16-26/h4-8,11-14,17H,9-10,15-16,18-19H2,1-3H3. The zero-order valence-corrected chi connectivity index (χ0v) is 21.8. The van der Waals surface area contributed by atoms with Gasteiger partial charge in [-0.15, -0.1) is 0 Å². The number of thioether (sulfide) groups is 1. The third-order valence-electron chi connectivity index (χ3n) is 6.74. The van der Waals surface area contributed by atoms with Crippen LogP contribution in [0.5, 0.6) is 0 Å². The van der Waals surface area contributed by atoms with E-state index in [1.807, 2.05) is 61.5 Å². The molecule has 0 saturated heterocycles. The van der Waals surface area contributed by atoms with E-state index in [4.69, 9.17) is 11.6 Å². The van der Waals surface area contributed by atoms with Gasteiger partial charge in [0.2, 0.25) is 10.0 Å². The van der Waals surface area contributed by atoms with Gasteiger partial charge in [-0.25, -0.2) is 8.42 Å². The largest absolute Gasteiger partial charge is 0.302 e. The SMILES string of the molecule is CC1=C(S(=O)(=O)N(Cc2ccccc2)CC2(N(C)C)CCCC2)Sc2ccccc2C(Cl)=C1. The number of halogens is 1. The molecule has 1 fully saturated rings. The number of benzene rings is 2. The van der Waals surface area contributed by atoms with E-state index < -0.39 is 10.0 Å². The summed E-state index contributed by atoms with van der Waals surface area (Å²) in [6.07, 6.45) is 6.03.